The number of carboxylic acid groups (broad SMARTS) is 1. The standard InChI is InChI=1S/C9H9N3O4S2/c1-5-4-6(17-8(5)9(13)14)12-18(15,16)7-2-3-10-11-7/h2-4,12H,1H3,(H,10,11)(H,13,14). The zero-order chi connectivity index (χ0) is 13.3. The molecule has 9 heteroatoms. The molecule has 18 heavy (non-hydrogen) atoms. The van der Waals surface area contributed by atoms with E-state index in [-0.39, 0.29) is 14.9 Å². The van der Waals surface area contributed by atoms with Crippen molar-refractivity contribution in [3.63, 3.8) is 0 Å². The monoisotopic (exact) mass is 287 g/mol. The van der Waals surface area contributed by atoms with Crippen LogP contribution in [0.4, 0.5) is 5.00 Å². The lowest BCUT2D eigenvalue weighted by Gasteiger charge is -2.02. The predicted molar refractivity (Wildman–Crippen MR) is 65.4 cm³/mol. The van der Waals surface area contributed by atoms with Crippen molar-refractivity contribution in [2.24, 2.45) is 0 Å². The number of carbonyl (C=O) groups is 1. The maximum absolute atomic E-state index is 11.8. The number of nitrogens with one attached hydrogen (secondary N) is 2. The van der Waals surface area contributed by atoms with E-state index in [1.165, 1.54) is 18.3 Å². The Morgan fingerprint density at radius 2 is 2.28 bits per heavy atom. The van der Waals surface area contributed by atoms with Crippen LogP contribution in [0.1, 0.15) is 15.2 Å². The second-order valence-corrected chi connectivity index (χ2v) is 6.16. The molecule has 7 nitrogen and oxygen atoms in total. The van der Waals surface area contributed by atoms with E-state index in [2.05, 4.69) is 14.9 Å². The summed E-state index contributed by atoms with van der Waals surface area (Å²) in [5.74, 6) is -1.08. The number of thiophene rings is 1. The van der Waals surface area contributed by atoms with Gasteiger partial charge in [-0.05, 0) is 24.6 Å². The second kappa shape index (κ2) is 4.42. The molecule has 3 N–H and O–H groups in total. The molecule has 96 valence electrons. The van der Waals surface area contributed by atoms with E-state index in [0.29, 0.717) is 5.56 Å². The molecule has 0 aliphatic carbocycles. The summed E-state index contributed by atoms with van der Waals surface area (Å²) in [5, 5.41) is 14.9. The summed E-state index contributed by atoms with van der Waals surface area (Å²) in [5.41, 5.74) is 0.509. The lowest BCUT2D eigenvalue weighted by atomic mass is 10.3. The number of hydrogen-bond acceptors (Lipinski definition) is 5. The fourth-order valence-electron chi connectivity index (χ4n) is 1.32. The first kappa shape index (κ1) is 12.6. The topological polar surface area (TPSA) is 112 Å². The third-order valence-corrected chi connectivity index (χ3v) is 4.68. The van der Waals surface area contributed by atoms with Crippen molar-refractivity contribution in [2.45, 2.75) is 11.9 Å². The van der Waals surface area contributed by atoms with E-state index in [1.54, 1.807) is 6.92 Å². The fourth-order valence-corrected chi connectivity index (χ4v) is 3.43. The zero-order valence-electron chi connectivity index (χ0n) is 9.17. The molecule has 0 aliphatic rings. The Morgan fingerprint density at radius 1 is 1.56 bits per heavy atom. The number of aromatic amines is 1. The van der Waals surface area contributed by atoms with Gasteiger partial charge in [-0.1, -0.05) is 0 Å². The van der Waals surface area contributed by atoms with Gasteiger partial charge in [0.15, 0.2) is 5.03 Å². The Hall–Kier alpha value is -1.87. The molecule has 0 bridgehead atoms. The summed E-state index contributed by atoms with van der Waals surface area (Å²) in [4.78, 5) is 11.0. The van der Waals surface area contributed by atoms with Crippen LogP contribution in [-0.2, 0) is 10.0 Å². The van der Waals surface area contributed by atoms with Gasteiger partial charge in [-0.25, -0.2) is 4.79 Å². The van der Waals surface area contributed by atoms with E-state index in [0.717, 1.165) is 11.3 Å². The number of anilines is 1. The van der Waals surface area contributed by atoms with Crippen LogP contribution in [0.3, 0.4) is 0 Å². The molecule has 0 unspecified atom stereocenters. The number of aromatic nitrogens is 2. The minimum Gasteiger partial charge on any atom is -0.477 e. The summed E-state index contributed by atoms with van der Waals surface area (Å²) in [6.07, 6.45) is 1.32. The van der Waals surface area contributed by atoms with Gasteiger partial charge in [0.25, 0.3) is 10.0 Å². The van der Waals surface area contributed by atoms with Crippen LogP contribution >= 0.6 is 11.3 Å². The van der Waals surface area contributed by atoms with Crippen molar-refractivity contribution < 1.29 is 18.3 Å². The quantitative estimate of drug-likeness (QED) is 0.784. The fraction of sp³-hybridized carbons (Fsp3) is 0.111. The highest BCUT2D eigenvalue weighted by atomic mass is 32.2. The summed E-state index contributed by atoms with van der Waals surface area (Å²) in [6.45, 7) is 1.61. The largest absolute Gasteiger partial charge is 0.477 e. The van der Waals surface area contributed by atoms with E-state index in [1.807, 2.05) is 0 Å². The van der Waals surface area contributed by atoms with E-state index in [9.17, 15) is 13.2 Å². The van der Waals surface area contributed by atoms with E-state index in [4.69, 9.17) is 5.11 Å². The third kappa shape index (κ3) is 2.36. The maximum Gasteiger partial charge on any atom is 0.346 e. The smallest absolute Gasteiger partial charge is 0.346 e. The molecule has 0 fully saturated rings. The van der Waals surface area contributed by atoms with Crippen LogP contribution in [-0.4, -0.2) is 29.7 Å². The first-order chi connectivity index (χ1) is 8.40. The third-order valence-electron chi connectivity index (χ3n) is 2.11. The van der Waals surface area contributed by atoms with Gasteiger partial charge in [-0.15, -0.1) is 11.3 Å². The molecule has 2 aromatic rings. The van der Waals surface area contributed by atoms with Gasteiger partial charge >= 0.3 is 5.97 Å². The molecule has 2 heterocycles. The number of carboxylic acids is 1. The first-order valence-corrected chi connectivity index (χ1v) is 7.06. The molecule has 0 aromatic carbocycles. The molecule has 0 spiro atoms. The van der Waals surface area contributed by atoms with Crippen molar-refractivity contribution >= 4 is 32.3 Å². The van der Waals surface area contributed by atoms with Crippen LogP contribution in [0.15, 0.2) is 23.4 Å². The molecule has 0 atom stereocenters. The molecular weight excluding hydrogens is 278 g/mol. The predicted octanol–water partition coefficient (Wildman–Crippen LogP) is 1.28. The van der Waals surface area contributed by atoms with Crippen LogP contribution in [0.5, 0.6) is 0 Å². The number of aryl methyl sites for hydroxylation is 1. The van der Waals surface area contributed by atoms with Crippen molar-refractivity contribution in [1.29, 1.82) is 0 Å². The Balaban J connectivity index is 2.30. The summed E-state index contributed by atoms with van der Waals surface area (Å²) in [7, 11) is -3.75. The average molecular weight is 287 g/mol. The lowest BCUT2D eigenvalue weighted by Crippen LogP contribution is -2.12. The number of H-pyrrole nitrogens is 1. The number of rotatable bonds is 4. The summed E-state index contributed by atoms with van der Waals surface area (Å²) in [6, 6.07) is 2.78. The highest BCUT2D eigenvalue weighted by molar-refractivity contribution is 7.92. The van der Waals surface area contributed by atoms with Gasteiger partial charge in [0.1, 0.15) is 9.88 Å². The second-order valence-electron chi connectivity index (χ2n) is 3.45. The van der Waals surface area contributed by atoms with Gasteiger partial charge in [0, 0.05) is 0 Å². The maximum atomic E-state index is 11.8. The van der Waals surface area contributed by atoms with Crippen molar-refractivity contribution in [2.75, 3.05) is 4.72 Å². The minimum absolute atomic E-state index is 0.0783. The van der Waals surface area contributed by atoms with E-state index < -0.39 is 16.0 Å². The SMILES string of the molecule is Cc1cc(NS(=O)(=O)c2ccn[nH]2)sc1C(=O)O. The molecule has 2 aromatic heterocycles. The molecular formula is C9H9N3O4S2. The Kier molecular flexibility index (Phi) is 3.09. The minimum atomic E-state index is -3.75. The number of aromatic carboxylic acids is 1. The van der Waals surface area contributed by atoms with E-state index >= 15 is 0 Å². The molecule has 0 amide bonds. The molecule has 0 aliphatic heterocycles. The average Bonchev–Trinajstić information content (AvgIpc) is 2.86. The lowest BCUT2D eigenvalue weighted by molar-refractivity contribution is 0.0701. The van der Waals surface area contributed by atoms with Crippen molar-refractivity contribution in [1.82, 2.24) is 10.2 Å². The Morgan fingerprint density at radius 3 is 2.78 bits per heavy atom. The van der Waals surface area contributed by atoms with Crippen LogP contribution in [0.2, 0.25) is 0 Å². The summed E-state index contributed by atoms with van der Waals surface area (Å²) >= 11 is 0.868. The normalized spacial score (nSPS) is 11.4. The first-order valence-electron chi connectivity index (χ1n) is 4.76. The van der Waals surface area contributed by atoms with Gasteiger partial charge in [0.2, 0.25) is 0 Å². The van der Waals surface area contributed by atoms with Gasteiger partial charge in [-0.3, -0.25) is 9.82 Å². The highest BCUT2D eigenvalue weighted by Crippen LogP contribution is 2.28. The molecule has 0 radical (unpaired) electrons. The van der Waals surface area contributed by atoms with Gasteiger partial charge in [-0.2, -0.15) is 13.5 Å². The van der Waals surface area contributed by atoms with Crippen molar-refractivity contribution in [3.05, 3.63) is 28.8 Å². The molecule has 0 saturated carbocycles. The van der Waals surface area contributed by atoms with Crippen molar-refractivity contribution in [3.8, 4) is 0 Å². The van der Waals surface area contributed by atoms with Crippen LogP contribution in [0, 0.1) is 6.92 Å². The number of hydrogen-bond donors (Lipinski definition) is 3. The molecule has 2 rings (SSSR count). The number of nitrogens with zero attached hydrogens (tertiary/aromatic N) is 1. The zero-order valence-corrected chi connectivity index (χ0v) is 10.8. The van der Waals surface area contributed by atoms with Crippen LogP contribution in [0.25, 0.3) is 0 Å². The Bertz CT molecular complexity index is 673. The van der Waals surface area contributed by atoms with Gasteiger partial charge < -0.3 is 5.11 Å². The highest BCUT2D eigenvalue weighted by Gasteiger charge is 2.19. The summed E-state index contributed by atoms with van der Waals surface area (Å²) < 4.78 is 26.0. The number of sulfonamides is 1. The van der Waals surface area contributed by atoms with Gasteiger partial charge in [0.05, 0.1) is 6.20 Å². The van der Waals surface area contributed by atoms with Crippen LogP contribution < -0.4 is 4.72 Å². The molecule has 0 saturated heterocycles. The Labute approximate surface area is 107 Å².